The van der Waals surface area contributed by atoms with Crippen LogP contribution in [0.1, 0.15) is 18.7 Å². The van der Waals surface area contributed by atoms with E-state index in [0.29, 0.717) is 5.02 Å². The molecule has 3 heteroatoms. The van der Waals surface area contributed by atoms with Crippen LogP contribution in [0.15, 0.2) is 53.9 Å². The van der Waals surface area contributed by atoms with E-state index in [9.17, 15) is 0 Å². The van der Waals surface area contributed by atoms with Gasteiger partial charge >= 0.3 is 0 Å². The fourth-order valence-electron chi connectivity index (χ4n) is 1.50. The van der Waals surface area contributed by atoms with Gasteiger partial charge in [-0.25, -0.2) is 0 Å². The van der Waals surface area contributed by atoms with Gasteiger partial charge in [0, 0.05) is 10.6 Å². The molecule has 1 heterocycles. The lowest BCUT2D eigenvalue weighted by molar-refractivity contribution is 0.154. The van der Waals surface area contributed by atoms with Gasteiger partial charge in [0.1, 0.15) is 11.4 Å². The molecule has 0 amide bonds. The van der Waals surface area contributed by atoms with E-state index in [1.165, 1.54) is 0 Å². The number of hydrogen-bond acceptors (Lipinski definition) is 2. The van der Waals surface area contributed by atoms with Crippen LogP contribution in [0.3, 0.4) is 0 Å². The van der Waals surface area contributed by atoms with Gasteiger partial charge in [0.2, 0.25) is 0 Å². The first-order valence-electron chi connectivity index (χ1n) is 6.17. The van der Waals surface area contributed by atoms with Crippen molar-refractivity contribution < 1.29 is 4.74 Å². The Labute approximate surface area is 128 Å². The zero-order valence-electron chi connectivity index (χ0n) is 11.4. The average Bonchev–Trinajstić information content (AvgIpc) is 2.91. The van der Waals surface area contributed by atoms with Crippen LogP contribution in [0.5, 0.6) is 5.75 Å². The highest BCUT2D eigenvalue weighted by molar-refractivity contribution is 7.10. The molecule has 0 atom stereocenters. The number of thiophene rings is 1. The predicted octanol–water partition coefficient (Wildman–Crippen LogP) is 5.17. The van der Waals surface area contributed by atoms with Crippen molar-refractivity contribution in [2.45, 2.75) is 19.4 Å². The zero-order valence-corrected chi connectivity index (χ0v) is 13.0. The molecular weight excluding hydrogens is 288 g/mol. The van der Waals surface area contributed by atoms with E-state index in [4.69, 9.17) is 16.3 Å². The largest absolute Gasteiger partial charge is 0.483 e. The highest BCUT2D eigenvalue weighted by Gasteiger charge is 2.22. The second-order valence-corrected chi connectivity index (χ2v) is 6.16. The molecule has 0 spiro atoms. The van der Waals surface area contributed by atoms with E-state index < -0.39 is 5.60 Å². The van der Waals surface area contributed by atoms with Crippen LogP contribution in [0.4, 0.5) is 0 Å². The molecule has 0 saturated heterocycles. The highest BCUT2D eigenvalue weighted by atomic mass is 35.5. The second kappa shape index (κ2) is 6.17. The molecule has 0 unspecified atom stereocenters. The molecular formula is C17H15ClOS. The predicted molar refractivity (Wildman–Crippen MR) is 86.5 cm³/mol. The van der Waals surface area contributed by atoms with Gasteiger partial charge in [-0.05, 0) is 49.6 Å². The maximum Gasteiger partial charge on any atom is 0.135 e. The second-order valence-electron chi connectivity index (χ2n) is 4.77. The normalized spacial score (nSPS) is 10.6. The van der Waals surface area contributed by atoms with Gasteiger partial charge in [0.15, 0.2) is 0 Å². The van der Waals surface area contributed by atoms with Crippen molar-refractivity contribution in [3.05, 3.63) is 63.8 Å². The maximum atomic E-state index is 5.93. The Bertz CT molecular complexity index is 643. The molecule has 2 aromatic rings. The molecule has 1 aromatic heterocycles. The van der Waals surface area contributed by atoms with Crippen molar-refractivity contribution in [3.63, 3.8) is 0 Å². The summed E-state index contributed by atoms with van der Waals surface area (Å²) in [6.45, 7) is 7.92. The van der Waals surface area contributed by atoms with E-state index in [1.54, 1.807) is 23.5 Å². The van der Waals surface area contributed by atoms with E-state index >= 15 is 0 Å². The van der Waals surface area contributed by atoms with Crippen LogP contribution in [-0.2, 0) is 0 Å². The van der Waals surface area contributed by atoms with Crippen LogP contribution < -0.4 is 4.74 Å². The molecule has 2 rings (SSSR count). The first-order valence-corrected chi connectivity index (χ1v) is 7.42. The summed E-state index contributed by atoms with van der Waals surface area (Å²) in [5.74, 6) is 6.91. The Kier molecular flexibility index (Phi) is 4.54. The summed E-state index contributed by atoms with van der Waals surface area (Å²) in [5, 5.41) is 2.69. The molecule has 0 aliphatic carbocycles. The van der Waals surface area contributed by atoms with Gasteiger partial charge in [-0.3, -0.25) is 0 Å². The topological polar surface area (TPSA) is 9.23 Å². The molecule has 1 nitrogen and oxygen atoms in total. The van der Waals surface area contributed by atoms with Gasteiger partial charge in [-0.1, -0.05) is 36.1 Å². The molecule has 0 fully saturated rings. The van der Waals surface area contributed by atoms with Gasteiger partial charge in [-0.2, -0.15) is 0 Å². The summed E-state index contributed by atoms with van der Waals surface area (Å²) in [4.78, 5) is 1.02. The van der Waals surface area contributed by atoms with Crippen LogP contribution in [-0.4, -0.2) is 5.60 Å². The summed E-state index contributed by atoms with van der Waals surface area (Å²) in [5.41, 5.74) is 0.179. The summed E-state index contributed by atoms with van der Waals surface area (Å²) >= 11 is 7.47. The molecule has 0 aliphatic rings. The summed E-state index contributed by atoms with van der Waals surface area (Å²) < 4.78 is 5.93. The minimum atomic E-state index is -0.557. The van der Waals surface area contributed by atoms with Gasteiger partial charge in [0.25, 0.3) is 0 Å². The summed E-state index contributed by atoms with van der Waals surface area (Å²) in [7, 11) is 0. The van der Waals surface area contributed by atoms with Gasteiger partial charge in [0.05, 0.1) is 4.88 Å². The Morgan fingerprint density at radius 2 is 1.95 bits per heavy atom. The number of halogens is 1. The van der Waals surface area contributed by atoms with Crippen LogP contribution in [0.2, 0.25) is 5.02 Å². The minimum absolute atomic E-state index is 0.557. The number of ether oxygens (including phenoxy) is 1. The number of benzene rings is 1. The molecule has 0 N–H and O–H groups in total. The average molecular weight is 303 g/mol. The molecule has 102 valence electrons. The maximum absolute atomic E-state index is 5.93. The Hall–Kier alpha value is -1.69. The highest BCUT2D eigenvalue weighted by Crippen LogP contribution is 2.25. The van der Waals surface area contributed by atoms with E-state index in [1.807, 2.05) is 43.5 Å². The third kappa shape index (κ3) is 3.90. The van der Waals surface area contributed by atoms with Crippen LogP contribution in [0.25, 0.3) is 0 Å². The lowest BCUT2D eigenvalue weighted by Crippen LogP contribution is -2.29. The van der Waals surface area contributed by atoms with Gasteiger partial charge < -0.3 is 4.74 Å². The van der Waals surface area contributed by atoms with Crippen molar-refractivity contribution in [2.24, 2.45) is 0 Å². The molecule has 0 bridgehead atoms. The zero-order chi connectivity index (χ0) is 14.6. The Morgan fingerprint density at radius 1 is 1.25 bits per heavy atom. The van der Waals surface area contributed by atoms with Crippen molar-refractivity contribution in [3.8, 4) is 17.6 Å². The van der Waals surface area contributed by atoms with Crippen molar-refractivity contribution in [2.75, 3.05) is 0 Å². The molecule has 0 aliphatic heterocycles. The molecule has 0 saturated carbocycles. The standard InChI is InChI=1S/C17H15ClOS/c1-13(6-11-16-5-4-12-20-16)17(2,3)19-15-9-7-14(18)8-10-15/h4-5,7-10,12H,1H2,2-3H3. The first kappa shape index (κ1) is 14.7. The Morgan fingerprint density at radius 3 is 2.55 bits per heavy atom. The number of rotatable bonds is 3. The van der Waals surface area contributed by atoms with Crippen molar-refractivity contribution >= 4 is 22.9 Å². The SMILES string of the molecule is C=C(C#Cc1cccs1)C(C)(C)Oc1ccc(Cl)cc1. The summed E-state index contributed by atoms with van der Waals surface area (Å²) in [6.07, 6.45) is 0. The lowest BCUT2D eigenvalue weighted by Gasteiger charge is -2.26. The van der Waals surface area contributed by atoms with Gasteiger partial charge in [-0.15, -0.1) is 11.3 Å². The Balaban J connectivity index is 2.09. The smallest absolute Gasteiger partial charge is 0.135 e. The fourth-order valence-corrected chi connectivity index (χ4v) is 2.19. The molecule has 20 heavy (non-hydrogen) atoms. The quantitative estimate of drug-likeness (QED) is 0.711. The molecule has 1 aromatic carbocycles. The number of hydrogen-bond donors (Lipinski definition) is 0. The van der Waals surface area contributed by atoms with Crippen molar-refractivity contribution in [1.29, 1.82) is 0 Å². The van der Waals surface area contributed by atoms with E-state index in [0.717, 1.165) is 16.2 Å². The first-order chi connectivity index (χ1) is 9.47. The third-order valence-corrected chi connectivity index (χ3v) is 3.81. The van der Waals surface area contributed by atoms with E-state index in [-0.39, 0.29) is 0 Å². The fraction of sp³-hybridized carbons (Fsp3) is 0.176. The van der Waals surface area contributed by atoms with Crippen molar-refractivity contribution in [1.82, 2.24) is 0 Å². The molecule has 0 radical (unpaired) electrons. The third-order valence-electron chi connectivity index (χ3n) is 2.77. The monoisotopic (exact) mass is 302 g/mol. The lowest BCUT2D eigenvalue weighted by atomic mass is 10.00. The summed E-state index contributed by atoms with van der Waals surface area (Å²) in [6, 6.07) is 11.2. The van der Waals surface area contributed by atoms with E-state index in [2.05, 4.69) is 18.4 Å². The minimum Gasteiger partial charge on any atom is -0.483 e. The van der Waals surface area contributed by atoms with Crippen LogP contribution in [0, 0.1) is 11.8 Å². The van der Waals surface area contributed by atoms with Crippen LogP contribution >= 0.6 is 22.9 Å².